The summed E-state index contributed by atoms with van der Waals surface area (Å²) in [6.07, 6.45) is 0. The predicted molar refractivity (Wildman–Crippen MR) is 82.9 cm³/mol. The first-order valence-corrected chi connectivity index (χ1v) is 7.61. The minimum absolute atomic E-state index is 0.193. The minimum Gasteiger partial charge on any atom is -0.302 e. The van der Waals surface area contributed by atoms with Gasteiger partial charge in [-0.15, -0.1) is 11.3 Å². The summed E-state index contributed by atoms with van der Waals surface area (Å²) in [5.74, 6) is 0. The molecule has 2 nitrogen and oxygen atoms in total. The molecule has 0 saturated carbocycles. The third kappa shape index (κ3) is 3.23. The third-order valence-electron chi connectivity index (χ3n) is 3.34. The maximum absolute atomic E-state index is 4.67. The molecule has 0 radical (unpaired) electrons. The maximum Gasteiger partial charge on any atom is 0.114 e. The smallest absolute Gasteiger partial charge is 0.114 e. The van der Waals surface area contributed by atoms with Crippen molar-refractivity contribution < 1.29 is 0 Å². The van der Waals surface area contributed by atoms with E-state index in [9.17, 15) is 0 Å². The van der Waals surface area contributed by atoms with Gasteiger partial charge >= 0.3 is 0 Å². The second-order valence-electron chi connectivity index (χ2n) is 5.37. The number of nitrogens with one attached hydrogen (secondary N) is 1. The summed E-state index contributed by atoms with van der Waals surface area (Å²) in [4.78, 5) is 4.67. The van der Waals surface area contributed by atoms with Crippen LogP contribution in [0, 0.1) is 20.8 Å². The van der Waals surface area contributed by atoms with Gasteiger partial charge in [0.1, 0.15) is 5.01 Å². The number of aromatic nitrogens is 1. The summed E-state index contributed by atoms with van der Waals surface area (Å²) in [6.45, 7) is 10.8. The van der Waals surface area contributed by atoms with Gasteiger partial charge in [0.2, 0.25) is 0 Å². The standard InChI is InChI=1S/C16H22N2S/c1-10(2)17-15(16-18-12(4)9-19-16)14-8-6-7-11(3)13(14)5/h6-10,15,17H,1-5H3. The Morgan fingerprint density at radius 2 is 1.89 bits per heavy atom. The average molecular weight is 274 g/mol. The highest BCUT2D eigenvalue weighted by molar-refractivity contribution is 7.09. The Bertz CT molecular complexity index is 558. The fraction of sp³-hybridized carbons (Fsp3) is 0.438. The Hall–Kier alpha value is -1.19. The molecule has 19 heavy (non-hydrogen) atoms. The summed E-state index contributed by atoms with van der Waals surface area (Å²) >= 11 is 1.74. The molecule has 2 aromatic rings. The lowest BCUT2D eigenvalue weighted by Gasteiger charge is -2.22. The van der Waals surface area contributed by atoms with Crippen LogP contribution >= 0.6 is 11.3 Å². The lowest BCUT2D eigenvalue weighted by Crippen LogP contribution is -2.29. The maximum atomic E-state index is 4.67. The third-order valence-corrected chi connectivity index (χ3v) is 4.37. The quantitative estimate of drug-likeness (QED) is 0.905. The van der Waals surface area contributed by atoms with Gasteiger partial charge in [-0.05, 0) is 51.3 Å². The van der Waals surface area contributed by atoms with Crippen molar-refractivity contribution in [3.8, 4) is 0 Å². The molecule has 0 aliphatic rings. The molecule has 0 bridgehead atoms. The summed E-state index contributed by atoms with van der Waals surface area (Å²) < 4.78 is 0. The summed E-state index contributed by atoms with van der Waals surface area (Å²) in [7, 11) is 0. The van der Waals surface area contributed by atoms with Gasteiger partial charge in [0.15, 0.2) is 0 Å². The van der Waals surface area contributed by atoms with Crippen LogP contribution in [0.25, 0.3) is 0 Å². The van der Waals surface area contributed by atoms with Crippen molar-refractivity contribution in [1.82, 2.24) is 10.3 Å². The van der Waals surface area contributed by atoms with Crippen LogP contribution in [-0.4, -0.2) is 11.0 Å². The molecule has 0 aliphatic carbocycles. The number of nitrogens with zero attached hydrogens (tertiary/aromatic N) is 1. The van der Waals surface area contributed by atoms with Crippen molar-refractivity contribution in [3.63, 3.8) is 0 Å². The van der Waals surface area contributed by atoms with Crippen molar-refractivity contribution in [1.29, 1.82) is 0 Å². The lowest BCUT2D eigenvalue weighted by molar-refractivity contribution is 0.525. The number of thiazole rings is 1. The fourth-order valence-electron chi connectivity index (χ4n) is 2.22. The molecular weight excluding hydrogens is 252 g/mol. The van der Waals surface area contributed by atoms with Crippen LogP contribution in [-0.2, 0) is 0 Å². The molecule has 0 fully saturated rings. The fourth-order valence-corrected chi connectivity index (χ4v) is 3.09. The van der Waals surface area contributed by atoms with E-state index in [1.165, 1.54) is 16.7 Å². The highest BCUT2D eigenvalue weighted by atomic mass is 32.1. The van der Waals surface area contributed by atoms with Crippen molar-refractivity contribution in [2.24, 2.45) is 0 Å². The molecule has 0 amide bonds. The molecular formula is C16H22N2S. The van der Waals surface area contributed by atoms with E-state index in [0.29, 0.717) is 6.04 Å². The van der Waals surface area contributed by atoms with Crippen molar-refractivity contribution >= 4 is 11.3 Å². The van der Waals surface area contributed by atoms with E-state index in [1.54, 1.807) is 11.3 Å². The Kier molecular flexibility index (Phi) is 4.38. The highest BCUT2D eigenvalue weighted by Crippen LogP contribution is 2.29. The Balaban J connectivity index is 2.45. The van der Waals surface area contributed by atoms with Gasteiger partial charge in [-0.2, -0.15) is 0 Å². The second kappa shape index (κ2) is 5.85. The van der Waals surface area contributed by atoms with Gasteiger partial charge in [0.25, 0.3) is 0 Å². The zero-order valence-corrected chi connectivity index (χ0v) is 13.1. The molecule has 1 aromatic carbocycles. The minimum atomic E-state index is 0.193. The first-order chi connectivity index (χ1) is 8.99. The number of hydrogen-bond donors (Lipinski definition) is 1. The van der Waals surface area contributed by atoms with Gasteiger partial charge in [-0.25, -0.2) is 4.98 Å². The van der Waals surface area contributed by atoms with E-state index in [0.717, 1.165) is 10.7 Å². The van der Waals surface area contributed by atoms with Crippen LogP contribution in [0.5, 0.6) is 0 Å². The molecule has 1 N–H and O–H groups in total. The highest BCUT2D eigenvalue weighted by Gasteiger charge is 2.20. The second-order valence-corrected chi connectivity index (χ2v) is 6.26. The van der Waals surface area contributed by atoms with E-state index >= 15 is 0 Å². The SMILES string of the molecule is Cc1csc(C(NC(C)C)c2cccc(C)c2C)n1. The zero-order valence-electron chi connectivity index (χ0n) is 12.3. The van der Waals surface area contributed by atoms with Crippen LogP contribution in [0.1, 0.15) is 47.3 Å². The van der Waals surface area contributed by atoms with Gasteiger partial charge in [0, 0.05) is 17.1 Å². The average Bonchev–Trinajstić information content (AvgIpc) is 2.76. The van der Waals surface area contributed by atoms with E-state index in [2.05, 4.69) is 68.5 Å². The van der Waals surface area contributed by atoms with Crippen LogP contribution in [0.4, 0.5) is 0 Å². The first-order valence-electron chi connectivity index (χ1n) is 6.73. The van der Waals surface area contributed by atoms with Crippen LogP contribution < -0.4 is 5.32 Å². The van der Waals surface area contributed by atoms with Gasteiger partial charge in [-0.1, -0.05) is 18.2 Å². The predicted octanol–water partition coefficient (Wildman–Crippen LogP) is 4.16. The summed E-state index contributed by atoms with van der Waals surface area (Å²) in [5.41, 5.74) is 5.12. The molecule has 2 rings (SSSR count). The molecule has 3 heteroatoms. The Morgan fingerprint density at radius 3 is 2.47 bits per heavy atom. The van der Waals surface area contributed by atoms with Crippen LogP contribution in [0.2, 0.25) is 0 Å². The number of rotatable bonds is 4. The largest absolute Gasteiger partial charge is 0.302 e. The molecule has 0 aliphatic heterocycles. The molecule has 1 unspecified atom stereocenters. The van der Waals surface area contributed by atoms with E-state index in [1.807, 2.05) is 0 Å². The van der Waals surface area contributed by atoms with E-state index < -0.39 is 0 Å². The number of aryl methyl sites for hydroxylation is 2. The molecule has 1 atom stereocenters. The van der Waals surface area contributed by atoms with E-state index in [-0.39, 0.29) is 6.04 Å². The molecule has 0 spiro atoms. The molecule has 1 heterocycles. The topological polar surface area (TPSA) is 24.9 Å². The monoisotopic (exact) mass is 274 g/mol. The summed E-state index contributed by atoms with van der Waals surface area (Å²) in [6, 6.07) is 7.12. The van der Waals surface area contributed by atoms with Gasteiger partial charge < -0.3 is 5.32 Å². The van der Waals surface area contributed by atoms with Crippen molar-refractivity contribution in [2.75, 3.05) is 0 Å². The summed E-state index contributed by atoms with van der Waals surface area (Å²) in [5, 5.41) is 6.91. The van der Waals surface area contributed by atoms with Gasteiger partial charge in [-0.3, -0.25) is 0 Å². The van der Waals surface area contributed by atoms with Crippen molar-refractivity contribution in [2.45, 2.75) is 46.7 Å². The normalized spacial score (nSPS) is 12.9. The van der Waals surface area contributed by atoms with Gasteiger partial charge in [0.05, 0.1) is 6.04 Å². The Labute approximate surface area is 119 Å². The zero-order chi connectivity index (χ0) is 14.0. The molecule has 102 valence electrons. The lowest BCUT2D eigenvalue weighted by atomic mass is 9.97. The molecule has 1 aromatic heterocycles. The van der Waals surface area contributed by atoms with Crippen LogP contribution in [0.3, 0.4) is 0 Å². The molecule has 0 saturated heterocycles. The van der Waals surface area contributed by atoms with Crippen LogP contribution in [0.15, 0.2) is 23.6 Å². The number of benzene rings is 1. The Morgan fingerprint density at radius 1 is 1.16 bits per heavy atom. The van der Waals surface area contributed by atoms with E-state index in [4.69, 9.17) is 0 Å². The number of hydrogen-bond acceptors (Lipinski definition) is 3. The van der Waals surface area contributed by atoms with Crippen molar-refractivity contribution in [3.05, 3.63) is 51.0 Å². The first kappa shape index (κ1) is 14.2.